The van der Waals surface area contributed by atoms with E-state index in [1.165, 1.54) is 13.8 Å². The van der Waals surface area contributed by atoms with E-state index in [-0.39, 0.29) is 94.1 Å². The number of amides is 15. The van der Waals surface area contributed by atoms with E-state index in [0.29, 0.717) is 77.4 Å². The number of alkyl carbamates (subject to hydrolysis) is 1. The second-order valence-corrected chi connectivity index (χ2v) is 34.0. The summed E-state index contributed by atoms with van der Waals surface area (Å²) in [4.78, 5) is 222. The van der Waals surface area contributed by atoms with Gasteiger partial charge in [0.2, 0.25) is 82.7 Å². The molecule has 0 radical (unpaired) electrons. The smallest absolute Gasteiger partial charge is 0.407 e. The molecule has 0 saturated carbocycles. The number of nitrogens with one attached hydrogen (secondary N) is 14. The maximum atomic E-state index is 14.5. The summed E-state index contributed by atoms with van der Waals surface area (Å²) in [7, 11) is 0. The number of ether oxygens (including phenoxy) is 1. The van der Waals surface area contributed by atoms with Crippen molar-refractivity contribution in [2.24, 2.45) is 64.2 Å². The second kappa shape index (κ2) is 55.7. The Morgan fingerprint density at radius 2 is 0.691 bits per heavy atom. The fraction of sp³-hybridized carbons (Fsp3) is 0.674. The first kappa shape index (κ1) is 107. The minimum atomic E-state index is -1.71. The molecule has 2 aromatic rings. The van der Waals surface area contributed by atoms with Crippen LogP contribution in [0.4, 0.5) is 4.79 Å². The Morgan fingerprint density at radius 1 is 0.366 bits per heavy atom. The minimum Gasteiger partial charge on any atom is -0.480 e. The standard InChI is InChI=1S/C86H143N19O18/c1-15-52(12)72(84(119)102-67(43-50(8)9)79(114)97-61(33-21-25-37-88)76(111)98-63(85(120)121)35-23-27-39-90)105-74(109)54(14)94-83(118)71(51(10)11)104-73(108)53(13)93-78(113)64(40-47(2)3)99-80(115)65(41-48(4)5)100-81(116)66(42-49(6)7)101-82(117)68(44-69(91)106)95-70(107)45-92-75(110)60(32-20-24-36-87)96-77(112)62(34-22-26-38-89)103-86(122)123-46-59-57-30-18-16-28-55(57)56-29-17-19-31-58(56)59/h16-19,28-31,47-54,59-68,71-72H,15,20-27,32-46,87-90H2,1-14H3,(H2,91,106)(H,92,110)(H,93,113)(H,94,118)(H,95,107)(H,96,112)(H,97,114)(H,98,111)(H,99,115)(H,100,116)(H,101,117)(H,102,119)(H,103,122)(H,104,108)(H,105,109)(H,120,121)/t52-,53-,54-,60-,61-,62-,63-,64-,65-,66-,67-,68-,71-,72-/m0/s1. The molecule has 0 spiro atoms. The summed E-state index contributed by atoms with van der Waals surface area (Å²) in [5.41, 5.74) is 32.5. The number of carboxylic acids is 1. The monoisotopic (exact) mass is 1730 g/mol. The van der Waals surface area contributed by atoms with Gasteiger partial charge in [0.05, 0.1) is 13.0 Å². The molecule has 15 amide bonds. The highest BCUT2D eigenvalue weighted by Crippen LogP contribution is 2.44. The summed E-state index contributed by atoms with van der Waals surface area (Å²) in [5.74, 6) is -15.3. The lowest BCUT2D eigenvalue weighted by Crippen LogP contribution is -2.61. The van der Waals surface area contributed by atoms with Gasteiger partial charge < -0.3 is 113 Å². The van der Waals surface area contributed by atoms with Crippen molar-refractivity contribution in [2.45, 2.75) is 297 Å². The summed E-state index contributed by atoms with van der Waals surface area (Å²) in [6.45, 7) is 24.1. The van der Waals surface area contributed by atoms with Gasteiger partial charge in [-0.05, 0) is 201 Å². The van der Waals surface area contributed by atoms with E-state index in [0.717, 1.165) is 22.3 Å². The van der Waals surface area contributed by atoms with Crippen molar-refractivity contribution in [3.63, 3.8) is 0 Å². The van der Waals surface area contributed by atoms with Crippen LogP contribution in [0.5, 0.6) is 0 Å². The number of rotatable bonds is 59. The first-order chi connectivity index (χ1) is 58.1. The van der Waals surface area contributed by atoms with Crippen LogP contribution < -0.4 is 103 Å². The summed E-state index contributed by atoms with van der Waals surface area (Å²) >= 11 is 0. The maximum Gasteiger partial charge on any atom is 0.407 e. The molecule has 123 heavy (non-hydrogen) atoms. The normalized spacial score (nSPS) is 15.2. The van der Waals surface area contributed by atoms with Crippen molar-refractivity contribution in [2.75, 3.05) is 39.3 Å². The summed E-state index contributed by atoms with van der Waals surface area (Å²) < 4.78 is 5.75. The number of hydrogen-bond donors (Lipinski definition) is 20. The molecule has 0 unspecified atom stereocenters. The molecule has 37 nitrogen and oxygen atoms in total. The molecule has 0 fully saturated rings. The SMILES string of the molecule is CC[C@H](C)[C@H](NC(=O)[C@H](C)NC(=O)[C@@H](NC(=O)[C@H](C)NC(=O)[C@H](CC(C)C)NC(=O)[C@H](CC(C)C)NC(=O)[C@H](CC(C)C)NC(=O)[C@H](CC(N)=O)NC(=O)CNC(=O)[C@H](CCCCN)NC(=O)[C@H](CCCCN)NC(=O)OCC1c2ccccc2-c2ccccc21)C(C)C)C(=O)N[C@@H](CC(C)C)C(=O)N[C@@H](CCCCN)C(=O)N[C@@H](CCCCN)C(=O)O. The molecule has 0 bridgehead atoms. The van der Waals surface area contributed by atoms with E-state index in [4.69, 9.17) is 33.4 Å². The molecule has 0 aromatic heterocycles. The van der Waals surface area contributed by atoms with Gasteiger partial charge in [-0.2, -0.15) is 0 Å². The van der Waals surface area contributed by atoms with Crippen LogP contribution in [-0.4, -0.2) is 218 Å². The lowest BCUT2D eigenvalue weighted by molar-refractivity contribution is -0.142. The summed E-state index contributed by atoms with van der Waals surface area (Å²) in [6.07, 6.45) is 2.87. The molecule has 0 aliphatic heterocycles. The first-order valence-electron chi connectivity index (χ1n) is 43.5. The van der Waals surface area contributed by atoms with Gasteiger partial charge in [-0.15, -0.1) is 0 Å². The molecule has 1 aliphatic rings. The minimum absolute atomic E-state index is 0.0104. The van der Waals surface area contributed by atoms with Gasteiger partial charge in [0.1, 0.15) is 85.2 Å². The van der Waals surface area contributed by atoms with Crippen molar-refractivity contribution in [3.05, 3.63) is 59.7 Å². The molecule has 2 aromatic carbocycles. The van der Waals surface area contributed by atoms with Crippen LogP contribution in [0.25, 0.3) is 11.1 Å². The van der Waals surface area contributed by atoms with Gasteiger partial charge >= 0.3 is 12.1 Å². The molecular formula is C86H143N19O18. The van der Waals surface area contributed by atoms with Gasteiger partial charge in [-0.25, -0.2) is 9.59 Å². The number of hydrogen-bond acceptors (Lipinski definition) is 21. The number of aliphatic carboxylic acids is 1. The molecular weight excluding hydrogens is 1590 g/mol. The average molecular weight is 1730 g/mol. The zero-order chi connectivity index (χ0) is 92.3. The third-order valence-electron chi connectivity index (χ3n) is 21.0. The highest BCUT2D eigenvalue weighted by molar-refractivity contribution is 6.01. The first-order valence-corrected chi connectivity index (χ1v) is 43.5. The highest BCUT2D eigenvalue weighted by atomic mass is 16.5. The van der Waals surface area contributed by atoms with E-state index >= 15 is 0 Å². The summed E-state index contributed by atoms with van der Waals surface area (Å²) in [5, 5.41) is 46.7. The molecule has 0 heterocycles. The fourth-order valence-corrected chi connectivity index (χ4v) is 14.0. The Hall–Kier alpha value is -10.4. The molecule has 37 heteroatoms. The number of primary amides is 1. The van der Waals surface area contributed by atoms with Crippen LogP contribution in [0, 0.1) is 35.5 Å². The second-order valence-electron chi connectivity index (χ2n) is 34.0. The molecule has 14 atom stereocenters. The molecule has 0 saturated heterocycles. The van der Waals surface area contributed by atoms with Gasteiger partial charge in [-0.3, -0.25) is 67.1 Å². The third kappa shape index (κ3) is 38.1. The Morgan fingerprint density at radius 3 is 1.07 bits per heavy atom. The predicted octanol–water partition coefficient (Wildman–Crippen LogP) is 1.23. The number of carbonyl (C=O) groups excluding carboxylic acids is 15. The molecule has 1 aliphatic carbocycles. The number of fused-ring (bicyclic) bond motifs is 3. The van der Waals surface area contributed by atoms with E-state index in [1.54, 1.807) is 69.2 Å². The molecule has 690 valence electrons. The van der Waals surface area contributed by atoms with Crippen molar-refractivity contribution >= 4 is 94.8 Å². The zero-order valence-electron chi connectivity index (χ0n) is 74.4. The average Bonchev–Trinajstić information content (AvgIpc) is 1.61. The van der Waals surface area contributed by atoms with Crippen LogP contribution in [0.1, 0.15) is 230 Å². The Balaban J connectivity index is 1.74. The number of benzene rings is 2. The van der Waals surface area contributed by atoms with Crippen molar-refractivity contribution in [1.29, 1.82) is 0 Å². The number of carboxylic acid groups (broad SMARTS) is 1. The van der Waals surface area contributed by atoms with Crippen LogP contribution in [0.15, 0.2) is 48.5 Å². The van der Waals surface area contributed by atoms with Crippen molar-refractivity contribution in [1.82, 2.24) is 74.4 Å². The zero-order valence-corrected chi connectivity index (χ0v) is 74.4. The van der Waals surface area contributed by atoms with E-state index in [9.17, 15) is 81.8 Å². The lowest BCUT2D eigenvalue weighted by atomic mass is 9.96. The van der Waals surface area contributed by atoms with E-state index in [1.807, 2.05) is 62.4 Å². The Labute approximate surface area is 723 Å². The Bertz CT molecular complexity index is 3760. The predicted molar refractivity (Wildman–Crippen MR) is 465 cm³/mol. The lowest BCUT2D eigenvalue weighted by Gasteiger charge is -2.30. The fourth-order valence-electron chi connectivity index (χ4n) is 14.0. The van der Waals surface area contributed by atoms with E-state index < -0.39 is 198 Å². The Kier molecular flexibility index (Phi) is 48.3. The number of carbonyl (C=O) groups is 16. The maximum absolute atomic E-state index is 14.5. The van der Waals surface area contributed by atoms with Gasteiger partial charge in [0.15, 0.2) is 0 Å². The van der Waals surface area contributed by atoms with Crippen LogP contribution in [0.2, 0.25) is 0 Å². The highest BCUT2D eigenvalue weighted by Gasteiger charge is 2.39. The summed E-state index contributed by atoms with van der Waals surface area (Å²) in [6, 6.07) is -1.49. The topological polar surface area (TPSA) is 601 Å². The molecule has 25 N–H and O–H groups in total. The molecule has 3 rings (SSSR count). The van der Waals surface area contributed by atoms with Gasteiger partial charge in [0.25, 0.3) is 0 Å². The van der Waals surface area contributed by atoms with Crippen LogP contribution >= 0.6 is 0 Å². The van der Waals surface area contributed by atoms with Gasteiger partial charge in [0, 0.05) is 5.92 Å². The van der Waals surface area contributed by atoms with E-state index in [2.05, 4.69) is 74.4 Å². The van der Waals surface area contributed by atoms with Crippen molar-refractivity contribution < 1.29 is 86.6 Å². The third-order valence-corrected chi connectivity index (χ3v) is 21.0. The van der Waals surface area contributed by atoms with Crippen LogP contribution in [-0.2, 0) is 76.7 Å². The largest absolute Gasteiger partial charge is 0.480 e. The van der Waals surface area contributed by atoms with Crippen molar-refractivity contribution in [3.8, 4) is 11.1 Å². The van der Waals surface area contributed by atoms with Crippen LogP contribution in [0.3, 0.4) is 0 Å². The number of unbranched alkanes of at least 4 members (excludes halogenated alkanes) is 4. The van der Waals surface area contributed by atoms with Gasteiger partial charge in [-0.1, -0.05) is 138 Å². The number of nitrogens with two attached hydrogens (primary N) is 5. The quantitative estimate of drug-likeness (QED) is 0.0414.